The van der Waals surface area contributed by atoms with Crippen LogP contribution in [0.4, 0.5) is 5.82 Å². The lowest BCUT2D eigenvalue weighted by Gasteiger charge is -2.12. The predicted molar refractivity (Wildman–Crippen MR) is 117 cm³/mol. The van der Waals surface area contributed by atoms with Crippen molar-refractivity contribution in [2.45, 2.75) is 27.2 Å². The molecule has 4 rings (SSSR count). The first-order valence-electron chi connectivity index (χ1n) is 9.96. The van der Waals surface area contributed by atoms with Gasteiger partial charge in [-0.15, -0.1) is 0 Å². The molecule has 0 aliphatic heterocycles. The number of pyridine rings is 2. The molecule has 0 bridgehead atoms. The quantitative estimate of drug-likeness (QED) is 0.457. The zero-order valence-electron chi connectivity index (χ0n) is 17.5. The molecule has 0 aliphatic carbocycles. The van der Waals surface area contributed by atoms with E-state index in [1.165, 1.54) is 0 Å². The highest BCUT2D eigenvalue weighted by atomic mass is 16.5. The van der Waals surface area contributed by atoms with Crippen LogP contribution in [0.25, 0.3) is 11.1 Å². The second kappa shape index (κ2) is 8.79. The molecule has 7 heteroatoms. The first-order chi connectivity index (χ1) is 15.0. The lowest BCUT2D eigenvalue weighted by molar-refractivity contribution is 0.102. The van der Waals surface area contributed by atoms with Crippen molar-refractivity contribution < 1.29 is 14.1 Å². The summed E-state index contributed by atoms with van der Waals surface area (Å²) in [5.74, 6) is 1.99. The van der Waals surface area contributed by atoms with Crippen molar-refractivity contribution in [1.82, 2.24) is 15.1 Å². The van der Waals surface area contributed by atoms with Gasteiger partial charge in [-0.25, -0.2) is 4.98 Å². The lowest BCUT2D eigenvalue weighted by atomic mass is 9.99. The molecule has 1 amide bonds. The summed E-state index contributed by atoms with van der Waals surface area (Å²) in [4.78, 5) is 20.9. The molecule has 1 aromatic carbocycles. The minimum Gasteiger partial charge on any atom is -0.436 e. The van der Waals surface area contributed by atoms with Gasteiger partial charge < -0.3 is 14.6 Å². The molecule has 1 N–H and O–H groups in total. The van der Waals surface area contributed by atoms with Gasteiger partial charge in [-0.1, -0.05) is 13.0 Å². The van der Waals surface area contributed by atoms with Gasteiger partial charge in [-0.2, -0.15) is 0 Å². The van der Waals surface area contributed by atoms with Crippen LogP contribution >= 0.6 is 0 Å². The van der Waals surface area contributed by atoms with Crippen LogP contribution < -0.4 is 10.1 Å². The van der Waals surface area contributed by atoms with Gasteiger partial charge in [0.1, 0.15) is 17.3 Å². The van der Waals surface area contributed by atoms with Gasteiger partial charge in [-0.05, 0) is 72.4 Å². The third-order valence-electron chi connectivity index (χ3n) is 4.89. The largest absolute Gasteiger partial charge is 0.436 e. The number of benzene rings is 1. The second-order valence-corrected chi connectivity index (χ2v) is 7.13. The highest BCUT2D eigenvalue weighted by Crippen LogP contribution is 2.31. The topological polar surface area (TPSA) is 90.1 Å². The van der Waals surface area contributed by atoms with E-state index in [0.29, 0.717) is 28.8 Å². The summed E-state index contributed by atoms with van der Waals surface area (Å²) in [6, 6.07) is 13.1. The maximum Gasteiger partial charge on any atom is 0.259 e. The molecule has 0 atom stereocenters. The molecule has 3 aromatic heterocycles. The Labute approximate surface area is 180 Å². The molecule has 0 radical (unpaired) electrons. The maximum atomic E-state index is 12.5. The SMILES string of the molecule is CCc1ccc(Oc2cc(C)on2)cc1-c1ccc(NC(=O)c2cnccc2C)nc1. The number of hydrogen-bond acceptors (Lipinski definition) is 6. The van der Waals surface area contributed by atoms with Crippen LogP contribution in [0.1, 0.15) is 34.2 Å². The van der Waals surface area contributed by atoms with Crippen LogP contribution in [0.5, 0.6) is 11.6 Å². The smallest absolute Gasteiger partial charge is 0.259 e. The van der Waals surface area contributed by atoms with Gasteiger partial charge in [0.25, 0.3) is 11.8 Å². The predicted octanol–water partition coefficient (Wildman–Crippen LogP) is 5.36. The van der Waals surface area contributed by atoms with E-state index in [9.17, 15) is 4.79 Å². The van der Waals surface area contributed by atoms with Crippen LogP contribution in [0.15, 0.2) is 65.6 Å². The van der Waals surface area contributed by atoms with E-state index in [4.69, 9.17) is 9.26 Å². The van der Waals surface area contributed by atoms with Crippen LogP contribution in [-0.2, 0) is 6.42 Å². The fourth-order valence-corrected chi connectivity index (χ4v) is 3.22. The summed E-state index contributed by atoms with van der Waals surface area (Å²) in [6.07, 6.45) is 5.81. The van der Waals surface area contributed by atoms with E-state index < -0.39 is 0 Å². The molecule has 31 heavy (non-hydrogen) atoms. The molecule has 3 heterocycles. The van der Waals surface area contributed by atoms with Gasteiger partial charge in [0.2, 0.25) is 0 Å². The molecule has 0 unspecified atom stereocenters. The number of anilines is 1. The van der Waals surface area contributed by atoms with E-state index in [0.717, 1.165) is 28.7 Å². The number of hydrogen-bond donors (Lipinski definition) is 1. The normalized spacial score (nSPS) is 10.7. The number of amides is 1. The van der Waals surface area contributed by atoms with Crippen molar-refractivity contribution in [1.29, 1.82) is 0 Å². The van der Waals surface area contributed by atoms with Crippen LogP contribution in [0.3, 0.4) is 0 Å². The third kappa shape index (κ3) is 4.61. The summed E-state index contributed by atoms with van der Waals surface area (Å²) < 4.78 is 10.9. The van der Waals surface area contributed by atoms with E-state index in [2.05, 4.69) is 27.4 Å². The van der Waals surface area contributed by atoms with Crippen molar-refractivity contribution in [2.24, 2.45) is 0 Å². The van der Waals surface area contributed by atoms with Gasteiger partial charge in [-0.3, -0.25) is 9.78 Å². The van der Waals surface area contributed by atoms with Crippen molar-refractivity contribution in [3.63, 3.8) is 0 Å². The first kappa shape index (κ1) is 20.3. The minimum atomic E-state index is -0.238. The molecule has 0 saturated carbocycles. The Hall–Kier alpha value is -4.00. The Morgan fingerprint density at radius 1 is 1.10 bits per heavy atom. The molecule has 7 nitrogen and oxygen atoms in total. The summed E-state index contributed by atoms with van der Waals surface area (Å²) in [6.45, 7) is 5.78. The summed E-state index contributed by atoms with van der Waals surface area (Å²) >= 11 is 0. The Bertz CT molecular complexity index is 1220. The van der Waals surface area contributed by atoms with Crippen molar-refractivity contribution in [3.8, 4) is 22.8 Å². The highest BCUT2D eigenvalue weighted by molar-refractivity contribution is 6.04. The third-order valence-corrected chi connectivity index (χ3v) is 4.89. The Kier molecular flexibility index (Phi) is 5.75. The molecule has 0 aliphatic rings. The van der Waals surface area contributed by atoms with E-state index >= 15 is 0 Å². The number of aromatic nitrogens is 3. The highest BCUT2D eigenvalue weighted by Gasteiger charge is 2.12. The Morgan fingerprint density at radius 3 is 2.65 bits per heavy atom. The van der Waals surface area contributed by atoms with Crippen molar-refractivity contribution in [2.75, 3.05) is 5.32 Å². The van der Waals surface area contributed by atoms with Gasteiger partial charge >= 0.3 is 0 Å². The molecule has 0 fully saturated rings. The van der Waals surface area contributed by atoms with Gasteiger partial charge in [0, 0.05) is 30.2 Å². The standard InChI is InChI=1S/C24H22N4O3/c1-4-17-5-7-19(30-23-11-16(3)31-28-23)12-20(17)18-6-8-22(26-13-18)27-24(29)21-14-25-10-9-15(21)2/h5-14H,4H2,1-3H3,(H,26,27,29). The average Bonchev–Trinajstić information content (AvgIpc) is 3.19. The first-order valence-corrected chi connectivity index (χ1v) is 9.96. The fraction of sp³-hybridized carbons (Fsp3) is 0.167. The van der Waals surface area contributed by atoms with Crippen LogP contribution in [-0.4, -0.2) is 21.0 Å². The van der Waals surface area contributed by atoms with E-state index in [1.54, 1.807) is 36.8 Å². The maximum absolute atomic E-state index is 12.5. The lowest BCUT2D eigenvalue weighted by Crippen LogP contribution is -2.14. The zero-order chi connectivity index (χ0) is 21.8. The molecule has 0 spiro atoms. The van der Waals surface area contributed by atoms with Gasteiger partial charge in [0.15, 0.2) is 0 Å². The number of rotatable bonds is 6. The van der Waals surface area contributed by atoms with E-state index in [1.807, 2.05) is 38.1 Å². The van der Waals surface area contributed by atoms with Crippen molar-refractivity contribution in [3.05, 3.63) is 83.5 Å². The Balaban J connectivity index is 1.55. The summed E-state index contributed by atoms with van der Waals surface area (Å²) in [5, 5.41) is 6.69. The molecule has 156 valence electrons. The fourth-order valence-electron chi connectivity index (χ4n) is 3.22. The number of ether oxygens (including phenoxy) is 1. The number of aryl methyl sites for hydroxylation is 3. The second-order valence-electron chi connectivity index (χ2n) is 7.13. The molecular weight excluding hydrogens is 392 g/mol. The number of carbonyl (C=O) groups is 1. The van der Waals surface area contributed by atoms with Crippen LogP contribution in [0.2, 0.25) is 0 Å². The molecule has 4 aromatic rings. The average molecular weight is 414 g/mol. The van der Waals surface area contributed by atoms with Crippen molar-refractivity contribution >= 4 is 11.7 Å². The zero-order valence-corrected chi connectivity index (χ0v) is 17.5. The number of nitrogens with one attached hydrogen (secondary N) is 1. The monoisotopic (exact) mass is 414 g/mol. The molecular formula is C24H22N4O3. The Morgan fingerprint density at radius 2 is 1.97 bits per heavy atom. The number of carbonyl (C=O) groups excluding carboxylic acids is 1. The minimum absolute atomic E-state index is 0.238. The van der Waals surface area contributed by atoms with E-state index in [-0.39, 0.29) is 5.91 Å². The number of nitrogens with zero attached hydrogens (tertiary/aromatic N) is 3. The summed E-state index contributed by atoms with van der Waals surface area (Å²) in [5.41, 5.74) is 4.47. The van der Waals surface area contributed by atoms with Crippen LogP contribution in [0, 0.1) is 13.8 Å². The van der Waals surface area contributed by atoms with Gasteiger partial charge in [0.05, 0.1) is 5.56 Å². The summed E-state index contributed by atoms with van der Waals surface area (Å²) in [7, 11) is 0. The molecule has 0 saturated heterocycles.